The lowest BCUT2D eigenvalue weighted by molar-refractivity contribution is -0.300. The van der Waals surface area contributed by atoms with Gasteiger partial charge in [0.15, 0.2) is 11.9 Å². The second-order valence-corrected chi connectivity index (χ2v) is 15.7. The van der Waals surface area contributed by atoms with E-state index < -0.39 is 53.7 Å². The predicted molar refractivity (Wildman–Crippen MR) is 201 cm³/mol. The van der Waals surface area contributed by atoms with Crippen molar-refractivity contribution in [2.75, 3.05) is 20.8 Å². The van der Waals surface area contributed by atoms with E-state index in [1.165, 1.54) is 26.4 Å². The molecule has 1 aliphatic carbocycles. The van der Waals surface area contributed by atoms with Gasteiger partial charge in [0.1, 0.15) is 35.2 Å². The van der Waals surface area contributed by atoms with Gasteiger partial charge >= 0.3 is 11.9 Å². The number of benzene rings is 1. The summed E-state index contributed by atoms with van der Waals surface area (Å²) in [5, 5.41) is 24.0. The van der Waals surface area contributed by atoms with Gasteiger partial charge in [-0.2, -0.15) is 0 Å². The summed E-state index contributed by atoms with van der Waals surface area (Å²) in [6.45, 7) is 12.0. The summed E-state index contributed by atoms with van der Waals surface area (Å²) in [6.07, 6.45) is 11.1. The van der Waals surface area contributed by atoms with Crippen LogP contribution in [0.2, 0.25) is 0 Å². The molecule has 4 aliphatic heterocycles. The third-order valence-electron chi connectivity index (χ3n) is 11.8. The number of carbonyl (C=O) groups is 2. The average molecular weight is 749 g/mol. The molecule has 6 rings (SSSR count). The Bertz CT molecular complexity index is 1700. The molecular weight excluding hydrogens is 692 g/mol. The molecule has 0 unspecified atom stereocenters. The Balaban J connectivity index is 1.38. The van der Waals surface area contributed by atoms with Gasteiger partial charge in [-0.3, -0.25) is 4.79 Å². The number of methoxy groups -OCH3 is 2. The highest BCUT2D eigenvalue weighted by Gasteiger charge is 2.61. The number of ether oxygens (including phenoxy) is 7. The topological polar surface area (TPSA) is 139 Å². The minimum absolute atomic E-state index is 0.0242. The molecule has 11 nitrogen and oxygen atoms in total. The van der Waals surface area contributed by atoms with E-state index >= 15 is 0 Å². The summed E-state index contributed by atoms with van der Waals surface area (Å²) in [7, 11) is 2.97. The Morgan fingerprint density at radius 1 is 1.02 bits per heavy atom. The van der Waals surface area contributed by atoms with Gasteiger partial charge in [0.25, 0.3) is 0 Å². The summed E-state index contributed by atoms with van der Waals surface area (Å²) in [6, 6.07) is 4.72. The summed E-state index contributed by atoms with van der Waals surface area (Å²) >= 11 is 0. The van der Waals surface area contributed by atoms with Gasteiger partial charge in [-0.15, -0.1) is 0 Å². The van der Waals surface area contributed by atoms with Crippen molar-refractivity contribution in [1.29, 1.82) is 0 Å². The van der Waals surface area contributed by atoms with Crippen LogP contribution in [0.25, 0.3) is 0 Å². The minimum atomic E-state index is -1.92. The number of aliphatic hydroxyl groups is 2. The first-order valence-corrected chi connectivity index (χ1v) is 19.2. The Labute approximate surface area is 318 Å². The maximum absolute atomic E-state index is 14.5. The third kappa shape index (κ3) is 7.84. The van der Waals surface area contributed by atoms with E-state index in [0.717, 1.165) is 12.0 Å². The van der Waals surface area contributed by atoms with Gasteiger partial charge in [-0.25, -0.2) is 4.79 Å². The smallest absolute Gasteiger partial charge is 0.339 e. The molecule has 1 aromatic rings. The van der Waals surface area contributed by atoms with Crippen molar-refractivity contribution >= 4 is 11.9 Å². The molecule has 2 saturated heterocycles. The molecule has 0 saturated carbocycles. The normalized spacial score (nSPS) is 39.9. The highest BCUT2D eigenvalue weighted by atomic mass is 16.7. The second-order valence-electron chi connectivity index (χ2n) is 15.7. The predicted octanol–water partition coefficient (Wildman–Crippen LogP) is 6.19. The maximum atomic E-state index is 14.5. The molecule has 12 atom stereocenters. The Kier molecular flexibility index (Phi) is 12.0. The third-order valence-corrected chi connectivity index (χ3v) is 11.8. The van der Waals surface area contributed by atoms with E-state index in [0.29, 0.717) is 35.5 Å². The van der Waals surface area contributed by atoms with Gasteiger partial charge in [-0.1, -0.05) is 70.6 Å². The Morgan fingerprint density at radius 3 is 2.43 bits per heavy atom. The second kappa shape index (κ2) is 16.2. The molecule has 11 heteroatoms. The first kappa shape index (κ1) is 39.9. The lowest BCUT2D eigenvalue weighted by atomic mass is 9.70. The molecule has 0 aromatic heterocycles. The number of allylic oxidation sites excluding steroid dienone is 2. The first-order valence-electron chi connectivity index (χ1n) is 19.2. The minimum Gasteiger partial charge on any atom is -0.497 e. The van der Waals surface area contributed by atoms with Crippen LogP contribution in [0.5, 0.6) is 11.5 Å². The molecule has 1 spiro atoms. The number of rotatable bonds is 6. The van der Waals surface area contributed by atoms with E-state index in [1.54, 1.807) is 31.2 Å². The van der Waals surface area contributed by atoms with Crippen molar-refractivity contribution in [3.63, 3.8) is 0 Å². The van der Waals surface area contributed by atoms with Crippen molar-refractivity contribution in [1.82, 2.24) is 0 Å². The zero-order valence-electron chi connectivity index (χ0n) is 32.7. The summed E-state index contributed by atoms with van der Waals surface area (Å²) in [5.74, 6) is -2.60. The zero-order chi connectivity index (χ0) is 38.9. The highest BCUT2D eigenvalue weighted by Crippen LogP contribution is 2.48. The van der Waals surface area contributed by atoms with Gasteiger partial charge in [0.2, 0.25) is 0 Å². The molecule has 2 fully saturated rings. The maximum Gasteiger partial charge on any atom is 0.339 e. The summed E-state index contributed by atoms with van der Waals surface area (Å²) in [4.78, 5) is 28.1. The van der Waals surface area contributed by atoms with Gasteiger partial charge in [-0.05, 0) is 61.1 Å². The lowest BCUT2D eigenvalue weighted by Gasteiger charge is -2.48. The van der Waals surface area contributed by atoms with E-state index in [9.17, 15) is 19.8 Å². The van der Waals surface area contributed by atoms with Crippen LogP contribution < -0.4 is 9.47 Å². The molecule has 5 aliphatic rings. The Morgan fingerprint density at radius 2 is 1.74 bits per heavy atom. The molecule has 2 N–H and O–H groups in total. The van der Waals surface area contributed by atoms with Crippen LogP contribution in [-0.4, -0.2) is 91.0 Å². The van der Waals surface area contributed by atoms with Crippen LogP contribution in [-0.2, 0) is 28.5 Å². The van der Waals surface area contributed by atoms with Crippen LogP contribution in [0.3, 0.4) is 0 Å². The van der Waals surface area contributed by atoms with Crippen LogP contribution in [0, 0.1) is 23.7 Å². The number of aliphatic hydroxyl groups excluding tert-OH is 1. The lowest BCUT2D eigenvalue weighted by Crippen LogP contribution is -2.59. The molecule has 294 valence electrons. The van der Waals surface area contributed by atoms with Crippen molar-refractivity contribution in [3.05, 3.63) is 83.0 Å². The first-order chi connectivity index (χ1) is 25.7. The van der Waals surface area contributed by atoms with E-state index in [-0.39, 0.29) is 48.6 Å². The highest BCUT2D eigenvalue weighted by molar-refractivity contribution is 5.91. The molecule has 4 heterocycles. The largest absolute Gasteiger partial charge is 0.497 e. The average Bonchev–Trinajstić information content (AvgIpc) is 3.50. The Hall–Kier alpha value is -3.74. The molecular formula is C43H56O11. The van der Waals surface area contributed by atoms with E-state index in [4.69, 9.17) is 33.2 Å². The van der Waals surface area contributed by atoms with Crippen molar-refractivity contribution in [2.24, 2.45) is 23.7 Å². The van der Waals surface area contributed by atoms with Crippen molar-refractivity contribution in [3.8, 4) is 11.5 Å². The van der Waals surface area contributed by atoms with Crippen molar-refractivity contribution in [2.45, 2.75) is 115 Å². The zero-order valence-corrected chi connectivity index (χ0v) is 32.7. The fraction of sp³-hybridized carbons (Fsp3) is 0.581. The molecule has 0 radical (unpaired) electrons. The molecule has 2 bridgehead atoms. The number of hydrogen-bond acceptors (Lipinski definition) is 11. The SMILES string of the molecule is CC[C@H](C)[C@H]1O[C@]2(C=C[C@@H]1C)C[C@@H]1C[C@@H](C/C=C(\C)[C@@H](O)[C@@H](C)/C=C/C=C3\CO[C@@H]4[C@H](OC(=O)c5cc(OC)cc(OC)c5)C(C)=C[C@@H](C(=O)O1)[C@]34O)O2. The molecule has 54 heavy (non-hydrogen) atoms. The van der Waals surface area contributed by atoms with E-state index in [1.807, 2.05) is 32.1 Å². The van der Waals surface area contributed by atoms with E-state index in [2.05, 4.69) is 26.8 Å². The van der Waals surface area contributed by atoms with Gasteiger partial charge in [0.05, 0.1) is 44.7 Å². The van der Waals surface area contributed by atoms with Crippen LogP contribution in [0.4, 0.5) is 0 Å². The van der Waals surface area contributed by atoms with Gasteiger partial charge in [0, 0.05) is 30.7 Å². The standard InChI is InChI=1S/C43H56O11/c1-9-24(2)37-27(5)15-16-42(54-37)22-34-20-31(53-42)14-13-26(4)36(44)25(3)11-10-12-30-23-50-39-38(28(6)17-35(41(46)51-34)43(30,39)47)52-40(45)29-18-32(48-7)21-33(19-29)49-8/h10-13,15-19,21,24-25,27,31,34-39,44,47H,9,14,20,22-23H2,1-8H3/b11-10+,26-13+,30-12+/t24-,25-,27-,31+,34-,35-,36-,37+,38+,39+,42+,43+/m0/s1. The molecule has 1 aromatic carbocycles. The van der Waals surface area contributed by atoms with Crippen LogP contribution in [0.1, 0.15) is 77.6 Å². The fourth-order valence-corrected chi connectivity index (χ4v) is 8.40. The van der Waals surface area contributed by atoms with Gasteiger partial charge < -0.3 is 43.4 Å². The number of fused-ring (bicyclic) bond motifs is 2. The van der Waals surface area contributed by atoms with Crippen LogP contribution in [0.15, 0.2) is 77.5 Å². The number of carbonyl (C=O) groups excluding carboxylic acids is 2. The summed E-state index contributed by atoms with van der Waals surface area (Å²) in [5.41, 5.74) is 0.0105. The van der Waals surface area contributed by atoms with Crippen molar-refractivity contribution < 1.29 is 53.0 Å². The summed E-state index contributed by atoms with van der Waals surface area (Å²) < 4.78 is 42.9. The fourth-order valence-electron chi connectivity index (χ4n) is 8.40. The quantitative estimate of drug-likeness (QED) is 0.255. The monoisotopic (exact) mass is 748 g/mol. The van der Waals surface area contributed by atoms with Crippen LogP contribution >= 0.6 is 0 Å². The molecule has 0 amide bonds. The number of esters is 2. The number of hydrogen-bond donors (Lipinski definition) is 2.